The summed E-state index contributed by atoms with van der Waals surface area (Å²) in [6, 6.07) is 22.7. The molecule has 1 saturated heterocycles. The molecule has 3 aromatic rings. The molecule has 5 nitrogen and oxygen atoms in total. The van der Waals surface area contributed by atoms with Crippen LogP contribution in [0.5, 0.6) is 0 Å². The molecule has 5 heteroatoms. The fraction of sp³-hybridized carbons (Fsp3) is 0.357. The first-order chi connectivity index (χ1) is 16.0. The van der Waals surface area contributed by atoms with E-state index in [4.69, 9.17) is 4.74 Å². The van der Waals surface area contributed by atoms with Gasteiger partial charge >= 0.3 is 0 Å². The lowest BCUT2D eigenvalue weighted by Crippen LogP contribution is -2.49. The third kappa shape index (κ3) is 4.38. The molecular weight excluding hydrogens is 412 g/mol. The summed E-state index contributed by atoms with van der Waals surface area (Å²) in [6.45, 7) is 3.04. The maximum absolute atomic E-state index is 13.4. The van der Waals surface area contributed by atoms with Crippen LogP contribution in [-0.2, 0) is 9.53 Å². The standard InChI is InChI=1S/C28H30N2O3/c1-18(31)29-26-14-24-16-30(17-25(24)15-27(26)33-2)28(32)23-11-10-21-12-20(8-9-22(21)13-23)19-6-4-3-5-7-19/h3-13,24-27H,14-17H2,1-2H3,(H,29,31)/t24-,25+,26-,27-/m1/s1. The number of amides is 2. The molecule has 0 unspecified atom stereocenters. The van der Waals surface area contributed by atoms with Crippen LogP contribution in [0.1, 0.15) is 30.1 Å². The minimum Gasteiger partial charge on any atom is -0.379 e. The Hall–Kier alpha value is -3.18. The first-order valence-corrected chi connectivity index (χ1v) is 11.7. The molecule has 3 aromatic carbocycles. The number of fused-ring (bicyclic) bond motifs is 2. The van der Waals surface area contributed by atoms with Gasteiger partial charge in [-0.05, 0) is 64.8 Å². The summed E-state index contributed by atoms with van der Waals surface area (Å²) in [7, 11) is 1.70. The van der Waals surface area contributed by atoms with E-state index < -0.39 is 0 Å². The molecule has 1 aliphatic carbocycles. The van der Waals surface area contributed by atoms with Crippen molar-refractivity contribution in [2.24, 2.45) is 11.8 Å². The summed E-state index contributed by atoms with van der Waals surface area (Å²) in [6.07, 6.45) is 1.73. The van der Waals surface area contributed by atoms with Crippen LogP contribution < -0.4 is 5.32 Å². The number of benzene rings is 3. The van der Waals surface area contributed by atoms with Gasteiger partial charge in [-0.3, -0.25) is 9.59 Å². The highest BCUT2D eigenvalue weighted by Crippen LogP contribution is 2.38. The Morgan fingerprint density at radius 2 is 1.58 bits per heavy atom. The van der Waals surface area contributed by atoms with Crippen LogP contribution >= 0.6 is 0 Å². The van der Waals surface area contributed by atoms with Crippen molar-refractivity contribution in [3.63, 3.8) is 0 Å². The van der Waals surface area contributed by atoms with Crippen LogP contribution in [0, 0.1) is 11.8 Å². The smallest absolute Gasteiger partial charge is 0.253 e. The van der Waals surface area contributed by atoms with E-state index in [2.05, 4.69) is 35.6 Å². The predicted molar refractivity (Wildman–Crippen MR) is 130 cm³/mol. The SMILES string of the molecule is CO[C@@H]1C[C@H]2CN(C(=O)c3ccc4cc(-c5ccccc5)ccc4c3)C[C@H]2C[C@H]1NC(C)=O. The molecule has 0 spiro atoms. The number of hydrogen-bond donors (Lipinski definition) is 1. The van der Waals surface area contributed by atoms with Gasteiger partial charge in [-0.2, -0.15) is 0 Å². The van der Waals surface area contributed by atoms with Gasteiger partial charge in [0.1, 0.15) is 0 Å². The van der Waals surface area contributed by atoms with Gasteiger partial charge in [0.2, 0.25) is 5.91 Å². The number of ether oxygens (including phenoxy) is 1. The maximum Gasteiger partial charge on any atom is 0.253 e. The lowest BCUT2D eigenvalue weighted by atomic mass is 9.77. The summed E-state index contributed by atoms with van der Waals surface area (Å²) < 4.78 is 5.66. The van der Waals surface area contributed by atoms with Gasteiger partial charge < -0.3 is 15.0 Å². The number of nitrogens with zero attached hydrogens (tertiary/aromatic N) is 1. The molecule has 33 heavy (non-hydrogen) atoms. The molecule has 1 saturated carbocycles. The highest BCUT2D eigenvalue weighted by molar-refractivity contribution is 5.99. The number of methoxy groups -OCH3 is 1. The van der Waals surface area contributed by atoms with Gasteiger partial charge in [0, 0.05) is 32.7 Å². The van der Waals surface area contributed by atoms with Crippen molar-refractivity contribution in [1.29, 1.82) is 0 Å². The van der Waals surface area contributed by atoms with E-state index in [0.29, 0.717) is 11.8 Å². The Morgan fingerprint density at radius 3 is 2.30 bits per heavy atom. The third-order valence-corrected chi connectivity index (χ3v) is 7.29. The van der Waals surface area contributed by atoms with Crippen LogP contribution in [0.2, 0.25) is 0 Å². The minimum atomic E-state index is -0.0296. The molecule has 1 heterocycles. The molecule has 2 aliphatic rings. The quantitative estimate of drug-likeness (QED) is 0.647. The lowest BCUT2D eigenvalue weighted by molar-refractivity contribution is -0.121. The number of carbonyl (C=O) groups excluding carboxylic acids is 2. The largest absolute Gasteiger partial charge is 0.379 e. The first-order valence-electron chi connectivity index (χ1n) is 11.7. The second-order valence-corrected chi connectivity index (χ2v) is 9.43. The number of likely N-dealkylation sites (tertiary alicyclic amines) is 1. The molecule has 1 aliphatic heterocycles. The minimum absolute atomic E-state index is 0.00433. The fourth-order valence-electron chi connectivity index (χ4n) is 5.62. The van der Waals surface area contributed by atoms with Crippen LogP contribution in [0.15, 0.2) is 66.7 Å². The zero-order valence-electron chi connectivity index (χ0n) is 19.2. The Labute approximate surface area is 194 Å². The average molecular weight is 443 g/mol. The van der Waals surface area contributed by atoms with Gasteiger partial charge in [-0.25, -0.2) is 0 Å². The van der Waals surface area contributed by atoms with Crippen LogP contribution in [0.25, 0.3) is 21.9 Å². The second kappa shape index (κ2) is 8.99. The van der Waals surface area contributed by atoms with Crippen molar-refractivity contribution in [2.75, 3.05) is 20.2 Å². The summed E-state index contributed by atoms with van der Waals surface area (Å²) in [5.74, 6) is 0.866. The third-order valence-electron chi connectivity index (χ3n) is 7.29. The van der Waals surface area contributed by atoms with E-state index >= 15 is 0 Å². The van der Waals surface area contributed by atoms with Gasteiger partial charge in [-0.1, -0.05) is 48.5 Å². The topological polar surface area (TPSA) is 58.6 Å². The second-order valence-electron chi connectivity index (χ2n) is 9.43. The molecule has 1 N–H and O–H groups in total. The van der Waals surface area contributed by atoms with Gasteiger partial charge in [0.15, 0.2) is 0 Å². The molecule has 0 radical (unpaired) electrons. The lowest BCUT2D eigenvalue weighted by Gasteiger charge is -2.37. The van der Waals surface area contributed by atoms with Crippen molar-refractivity contribution in [3.05, 3.63) is 72.3 Å². The van der Waals surface area contributed by atoms with E-state index in [1.807, 2.05) is 41.3 Å². The fourth-order valence-corrected chi connectivity index (χ4v) is 5.62. The van der Waals surface area contributed by atoms with E-state index in [1.54, 1.807) is 14.0 Å². The number of hydrogen-bond acceptors (Lipinski definition) is 3. The summed E-state index contributed by atoms with van der Waals surface area (Å²) in [5, 5.41) is 5.24. The summed E-state index contributed by atoms with van der Waals surface area (Å²) in [4.78, 5) is 26.9. The van der Waals surface area contributed by atoms with E-state index in [9.17, 15) is 9.59 Å². The molecule has 0 aromatic heterocycles. The molecule has 5 rings (SSSR count). The Balaban J connectivity index is 1.32. The normalized spacial score (nSPS) is 24.5. The Bertz CT molecular complexity index is 1180. The zero-order chi connectivity index (χ0) is 22.9. The predicted octanol–water partition coefficient (Wildman–Crippen LogP) is 4.51. The molecular formula is C28H30N2O3. The molecule has 0 bridgehead atoms. The van der Waals surface area contributed by atoms with E-state index in [0.717, 1.165) is 42.3 Å². The zero-order valence-corrected chi connectivity index (χ0v) is 19.2. The average Bonchev–Trinajstić information content (AvgIpc) is 3.25. The van der Waals surface area contributed by atoms with Crippen molar-refractivity contribution < 1.29 is 14.3 Å². The van der Waals surface area contributed by atoms with Crippen LogP contribution in [0.4, 0.5) is 0 Å². The number of rotatable bonds is 4. The van der Waals surface area contributed by atoms with Crippen molar-refractivity contribution in [2.45, 2.75) is 31.9 Å². The monoisotopic (exact) mass is 442 g/mol. The Kier molecular flexibility index (Phi) is 5.90. The molecule has 2 fully saturated rings. The highest BCUT2D eigenvalue weighted by atomic mass is 16.5. The van der Waals surface area contributed by atoms with E-state index in [1.165, 1.54) is 11.1 Å². The van der Waals surface area contributed by atoms with Crippen molar-refractivity contribution in [3.8, 4) is 11.1 Å². The summed E-state index contributed by atoms with van der Waals surface area (Å²) >= 11 is 0. The highest BCUT2D eigenvalue weighted by Gasteiger charge is 2.44. The molecule has 2 amide bonds. The maximum atomic E-state index is 13.4. The van der Waals surface area contributed by atoms with E-state index in [-0.39, 0.29) is 24.0 Å². The van der Waals surface area contributed by atoms with Gasteiger partial charge in [0.05, 0.1) is 12.1 Å². The number of carbonyl (C=O) groups is 2. The molecule has 170 valence electrons. The Morgan fingerprint density at radius 1 is 0.879 bits per heavy atom. The van der Waals surface area contributed by atoms with Gasteiger partial charge in [0.25, 0.3) is 5.91 Å². The number of nitrogens with one attached hydrogen (secondary N) is 1. The van der Waals surface area contributed by atoms with Crippen molar-refractivity contribution >= 4 is 22.6 Å². The van der Waals surface area contributed by atoms with Crippen LogP contribution in [-0.4, -0.2) is 49.1 Å². The first kappa shape index (κ1) is 21.7. The van der Waals surface area contributed by atoms with Crippen molar-refractivity contribution in [1.82, 2.24) is 10.2 Å². The van der Waals surface area contributed by atoms with Crippen LogP contribution in [0.3, 0.4) is 0 Å². The summed E-state index contributed by atoms with van der Waals surface area (Å²) in [5.41, 5.74) is 3.09. The molecule has 4 atom stereocenters. The van der Waals surface area contributed by atoms with Gasteiger partial charge in [-0.15, -0.1) is 0 Å².